The third-order valence-electron chi connectivity index (χ3n) is 4.71. The van der Waals surface area contributed by atoms with Gasteiger partial charge in [-0.1, -0.05) is 36.4 Å². The Hall–Kier alpha value is -2.48. The molecule has 1 aliphatic rings. The summed E-state index contributed by atoms with van der Waals surface area (Å²) in [5, 5.41) is 2.66. The maximum absolute atomic E-state index is 5.27. The number of methoxy groups -OCH3 is 1. The second-order valence-corrected chi connectivity index (χ2v) is 6.14. The Morgan fingerprint density at radius 2 is 1.57 bits per heavy atom. The molecule has 0 atom stereocenters. The summed E-state index contributed by atoms with van der Waals surface area (Å²) < 4.78 is 5.27. The van der Waals surface area contributed by atoms with Gasteiger partial charge in [-0.15, -0.1) is 0 Å². The zero-order valence-corrected chi connectivity index (χ0v) is 13.5. The van der Waals surface area contributed by atoms with Gasteiger partial charge in [0.1, 0.15) is 5.75 Å². The molecule has 0 amide bonds. The van der Waals surface area contributed by atoms with Gasteiger partial charge < -0.3 is 9.64 Å². The number of hydrogen-bond donors (Lipinski definition) is 0. The molecule has 116 valence electrons. The molecule has 2 heteroatoms. The lowest BCUT2D eigenvalue weighted by atomic mass is 9.99. The lowest BCUT2D eigenvalue weighted by Gasteiger charge is -2.21. The fourth-order valence-electron chi connectivity index (χ4n) is 3.46. The summed E-state index contributed by atoms with van der Waals surface area (Å²) in [6, 6.07) is 21.7. The van der Waals surface area contributed by atoms with E-state index < -0.39 is 0 Å². The van der Waals surface area contributed by atoms with E-state index in [1.54, 1.807) is 7.11 Å². The quantitative estimate of drug-likeness (QED) is 0.666. The maximum atomic E-state index is 5.27. The summed E-state index contributed by atoms with van der Waals surface area (Å²) in [6.45, 7) is 2.33. The van der Waals surface area contributed by atoms with E-state index in [2.05, 4.69) is 53.4 Å². The molecule has 0 unspecified atom stereocenters. The van der Waals surface area contributed by atoms with Gasteiger partial charge >= 0.3 is 0 Å². The number of anilines is 1. The molecule has 0 aliphatic carbocycles. The van der Waals surface area contributed by atoms with Crippen molar-refractivity contribution < 1.29 is 4.74 Å². The van der Waals surface area contributed by atoms with Crippen LogP contribution in [0.3, 0.4) is 0 Å². The Labute approximate surface area is 137 Å². The van der Waals surface area contributed by atoms with Gasteiger partial charge in [-0.05, 0) is 53.6 Å². The second kappa shape index (κ2) is 5.96. The van der Waals surface area contributed by atoms with Crippen LogP contribution in [0.2, 0.25) is 0 Å². The van der Waals surface area contributed by atoms with Crippen molar-refractivity contribution in [3.05, 3.63) is 60.7 Å². The Morgan fingerprint density at radius 1 is 0.826 bits per heavy atom. The number of hydrogen-bond acceptors (Lipinski definition) is 2. The third kappa shape index (κ3) is 2.65. The summed E-state index contributed by atoms with van der Waals surface area (Å²) in [4.78, 5) is 2.52. The summed E-state index contributed by atoms with van der Waals surface area (Å²) in [5.41, 5.74) is 3.87. The fraction of sp³-hybridized carbons (Fsp3) is 0.238. The van der Waals surface area contributed by atoms with Crippen LogP contribution >= 0.6 is 0 Å². The molecule has 1 heterocycles. The van der Waals surface area contributed by atoms with Crippen LogP contribution in [-0.4, -0.2) is 20.2 Å². The number of rotatable bonds is 3. The molecule has 0 bridgehead atoms. The van der Waals surface area contributed by atoms with Gasteiger partial charge in [-0.25, -0.2) is 0 Å². The minimum absolute atomic E-state index is 0.898. The van der Waals surface area contributed by atoms with Crippen molar-refractivity contribution in [1.82, 2.24) is 0 Å². The van der Waals surface area contributed by atoms with Crippen molar-refractivity contribution in [2.75, 3.05) is 25.1 Å². The molecular formula is C21H21NO. The van der Waals surface area contributed by atoms with Gasteiger partial charge in [0.25, 0.3) is 0 Å². The Balaban J connectivity index is 1.86. The van der Waals surface area contributed by atoms with E-state index in [9.17, 15) is 0 Å². The van der Waals surface area contributed by atoms with Crippen LogP contribution in [-0.2, 0) is 0 Å². The first-order chi connectivity index (χ1) is 11.3. The second-order valence-electron chi connectivity index (χ2n) is 6.14. The van der Waals surface area contributed by atoms with E-state index in [1.807, 2.05) is 12.1 Å². The van der Waals surface area contributed by atoms with Crippen molar-refractivity contribution in [3.63, 3.8) is 0 Å². The van der Waals surface area contributed by atoms with E-state index in [0.717, 1.165) is 18.8 Å². The van der Waals surface area contributed by atoms with Gasteiger partial charge in [0.15, 0.2) is 0 Å². The number of ether oxygens (including phenoxy) is 1. The van der Waals surface area contributed by atoms with E-state index in [0.29, 0.717) is 0 Å². The largest absolute Gasteiger partial charge is 0.497 e. The monoisotopic (exact) mass is 303 g/mol. The molecule has 0 spiro atoms. The maximum Gasteiger partial charge on any atom is 0.118 e. The first-order valence-electron chi connectivity index (χ1n) is 8.27. The van der Waals surface area contributed by atoms with Crippen molar-refractivity contribution in [3.8, 4) is 16.9 Å². The number of nitrogens with zero attached hydrogens (tertiary/aromatic N) is 1. The standard InChI is InChI=1S/C21H21NO/c1-23-19-10-8-16(9-11-19)18-14-17-6-2-3-7-20(17)21(15-18)22-12-4-5-13-22/h2-3,6-11,14-15H,4-5,12-13H2,1H3. The van der Waals surface area contributed by atoms with E-state index in [1.165, 1.54) is 40.4 Å². The van der Waals surface area contributed by atoms with Crippen molar-refractivity contribution in [2.24, 2.45) is 0 Å². The molecular weight excluding hydrogens is 282 g/mol. The minimum atomic E-state index is 0.898. The molecule has 23 heavy (non-hydrogen) atoms. The summed E-state index contributed by atoms with van der Waals surface area (Å²) >= 11 is 0. The van der Waals surface area contributed by atoms with Gasteiger partial charge in [0, 0.05) is 24.2 Å². The van der Waals surface area contributed by atoms with E-state index in [4.69, 9.17) is 4.74 Å². The van der Waals surface area contributed by atoms with Crippen molar-refractivity contribution in [2.45, 2.75) is 12.8 Å². The van der Waals surface area contributed by atoms with Crippen LogP contribution < -0.4 is 9.64 Å². The third-order valence-corrected chi connectivity index (χ3v) is 4.71. The predicted molar refractivity (Wildman–Crippen MR) is 97.4 cm³/mol. The smallest absolute Gasteiger partial charge is 0.118 e. The van der Waals surface area contributed by atoms with Crippen LogP contribution in [0.4, 0.5) is 5.69 Å². The van der Waals surface area contributed by atoms with Crippen molar-refractivity contribution in [1.29, 1.82) is 0 Å². The summed E-state index contributed by atoms with van der Waals surface area (Å²) in [7, 11) is 1.70. The molecule has 1 aliphatic heterocycles. The molecule has 3 aromatic carbocycles. The predicted octanol–water partition coefficient (Wildman–Crippen LogP) is 5.12. The van der Waals surface area contributed by atoms with Crippen LogP contribution in [0, 0.1) is 0 Å². The normalized spacial score (nSPS) is 14.4. The summed E-state index contributed by atoms with van der Waals surface area (Å²) in [5.74, 6) is 0.898. The van der Waals surface area contributed by atoms with Crippen molar-refractivity contribution >= 4 is 16.5 Å². The molecule has 1 saturated heterocycles. The molecule has 0 saturated carbocycles. The number of fused-ring (bicyclic) bond motifs is 1. The van der Waals surface area contributed by atoms with Crippen LogP contribution in [0.25, 0.3) is 21.9 Å². The SMILES string of the molecule is COc1ccc(-c2cc(N3CCCC3)c3ccccc3c2)cc1. The molecule has 0 radical (unpaired) electrons. The minimum Gasteiger partial charge on any atom is -0.497 e. The topological polar surface area (TPSA) is 12.5 Å². The zero-order chi connectivity index (χ0) is 15.6. The lowest BCUT2D eigenvalue weighted by molar-refractivity contribution is 0.415. The highest BCUT2D eigenvalue weighted by molar-refractivity contribution is 5.98. The Bertz CT molecular complexity index is 817. The highest BCUT2D eigenvalue weighted by Crippen LogP contribution is 2.35. The highest BCUT2D eigenvalue weighted by atomic mass is 16.5. The Morgan fingerprint density at radius 3 is 2.30 bits per heavy atom. The van der Waals surface area contributed by atoms with Crippen LogP contribution in [0.5, 0.6) is 5.75 Å². The number of benzene rings is 3. The molecule has 0 N–H and O–H groups in total. The molecule has 0 aromatic heterocycles. The van der Waals surface area contributed by atoms with E-state index in [-0.39, 0.29) is 0 Å². The molecule has 1 fully saturated rings. The average molecular weight is 303 g/mol. The lowest BCUT2D eigenvalue weighted by Crippen LogP contribution is -2.17. The van der Waals surface area contributed by atoms with E-state index >= 15 is 0 Å². The van der Waals surface area contributed by atoms with Gasteiger partial charge in [0.05, 0.1) is 7.11 Å². The van der Waals surface area contributed by atoms with Crippen LogP contribution in [0.15, 0.2) is 60.7 Å². The average Bonchev–Trinajstić information content (AvgIpc) is 3.15. The summed E-state index contributed by atoms with van der Waals surface area (Å²) in [6.07, 6.45) is 2.59. The van der Waals surface area contributed by atoms with Gasteiger partial charge in [0.2, 0.25) is 0 Å². The van der Waals surface area contributed by atoms with Gasteiger partial charge in [-0.2, -0.15) is 0 Å². The zero-order valence-electron chi connectivity index (χ0n) is 13.5. The highest BCUT2D eigenvalue weighted by Gasteiger charge is 2.16. The molecule has 3 aromatic rings. The molecule has 4 rings (SSSR count). The Kier molecular flexibility index (Phi) is 3.66. The van der Waals surface area contributed by atoms with Crippen LogP contribution in [0.1, 0.15) is 12.8 Å². The van der Waals surface area contributed by atoms with Gasteiger partial charge in [-0.3, -0.25) is 0 Å². The first-order valence-corrected chi connectivity index (χ1v) is 8.27. The fourth-order valence-corrected chi connectivity index (χ4v) is 3.46. The molecule has 2 nitrogen and oxygen atoms in total. The first kappa shape index (κ1) is 14.1.